The monoisotopic (exact) mass is 359 g/mol. The van der Waals surface area contributed by atoms with Gasteiger partial charge in [-0.15, -0.1) is 0 Å². The minimum Gasteiger partial charge on any atom is -0.463 e. The van der Waals surface area contributed by atoms with Crippen molar-refractivity contribution in [3.63, 3.8) is 0 Å². The Bertz CT molecular complexity index is 490. The lowest BCUT2D eigenvalue weighted by atomic mass is 10.2. The van der Waals surface area contributed by atoms with Crippen molar-refractivity contribution in [2.75, 3.05) is 6.54 Å². The van der Waals surface area contributed by atoms with Crippen LogP contribution >= 0.6 is 22.6 Å². The average molecular weight is 359 g/mol. The van der Waals surface area contributed by atoms with E-state index in [1.165, 1.54) is 0 Å². The SMILES string of the molecule is CC(C)CNCc1ccc(Cn2cc(I)cn2)o1. The predicted molar refractivity (Wildman–Crippen MR) is 79.3 cm³/mol. The highest BCUT2D eigenvalue weighted by molar-refractivity contribution is 14.1. The van der Waals surface area contributed by atoms with Crippen LogP contribution in [0.25, 0.3) is 0 Å². The molecule has 2 heterocycles. The van der Waals surface area contributed by atoms with E-state index in [-0.39, 0.29) is 0 Å². The van der Waals surface area contributed by atoms with E-state index in [1.807, 2.05) is 29.2 Å². The number of nitrogens with zero attached hydrogens (tertiary/aromatic N) is 2. The van der Waals surface area contributed by atoms with Crippen molar-refractivity contribution in [3.05, 3.63) is 39.6 Å². The standard InChI is InChI=1S/C13H18IN3O/c1-10(2)5-15-7-12-3-4-13(18-12)9-17-8-11(14)6-16-17/h3-4,6,8,10,15H,5,7,9H2,1-2H3. The Morgan fingerprint density at radius 2 is 2.17 bits per heavy atom. The molecule has 1 N–H and O–H groups in total. The molecule has 0 saturated carbocycles. The summed E-state index contributed by atoms with van der Waals surface area (Å²) in [4.78, 5) is 0. The molecule has 98 valence electrons. The summed E-state index contributed by atoms with van der Waals surface area (Å²) in [5.74, 6) is 2.58. The largest absolute Gasteiger partial charge is 0.463 e. The van der Waals surface area contributed by atoms with Crippen LogP contribution in [0.3, 0.4) is 0 Å². The van der Waals surface area contributed by atoms with Gasteiger partial charge in [0.2, 0.25) is 0 Å². The molecule has 18 heavy (non-hydrogen) atoms. The highest BCUT2D eigenvalue weighted by Crippen LogP contribution is 2.10. The van der Waals surface area contributed by atoms with Gasteiger partial charge in [-0.1, -0.05) is 13.8 Å². The number of nitrogens with one attached hydrogen (secondary N) is 1. The Hall–Kier alpha value is -0.820. The molecule has 0 aliphatic heterocycles. The molecular formula is C13H18IN3O. The summed E-state index contributed by atoms with van der Waals surface area (Å²) >= 11 is 2.25. The highest BCUT2D eigenvalue weighted by atomic mass is 127. The highest BCUT2D eigenvalue weighted by Gasteiger charge is 2.04. The van der Waals surface area contributed by atoms with Gasteiger partial charge < -0.3 is 9.73 Å². The zero-order valence-corrected chi connectivity index (χ0v) is 12.8. The molecule has 4 nitrogen and oxygen atoms in total. The Morgan fingerprint density at radius 3 is 2.83 bits per heavy atom. The van der Waals surface area contributed by atoms with E-state index in [2.05, 4.69) is 46.9 Å². The molecule has 2 aromatic heterocycles. The van der Waals surface area contributed by atoms with Crippen molar-refractivity contribution >= 4 is 22.6 Å². The maximum Gasteiger partial charge on any atom is 0.125 e. The third-order valence-electron chi connectivity index (χ3n) is 2.49. The van der Waals surface area contributed by atoms with Crippen molar-refractivity contribution in [3.8, 4) is 0 Å². The summed E-state index contributed by atoms with van der Waals surface area (Å²) in [6, 6.07) is 4.04. The summed E-state index contributed by atoms with van der Waals surface area (Å²) in [5, 5.41) is 7.60. The molecule has 5 heteroatoms. The molecule has 0 aliphatic rings. The van der Waals surface area contributed by atoms with Crippen LogP contribution in [0.15, 0.2) is 28.9 Å². The topological polar surface area (TPSA) is 43.0 Å². The minimum absolute atomic E-state index is 0.658. The van der Waals surface area contributed by atoms with Gasteiger partial charge in [-0.25, -0.2) is 0 Å². The smallest absolute Gasteiger partial charge is 0.125 e. The van der Waals surface area contributed by atoms with Crippen molar-refractivity contribution in [1.82, 2.24) is 15.1 Å². The molecule has 0 saturated heterocycles. The maximum atomic E-state index is 5.75. The Morgan fingerprint density at radius 1 is 1.39 bits per heavy atom. The van der Waals surface area contributed by atoms with Gasteiger partial charge in [-0.3, -0.25) is 4.68 Å². The van der Waals surface area contributed by atoms with E-state index < -0.39 is 0 Å². The molecule has 2 rings (SSSR count). The van der Waals surface area contributed by atoms with Gasteiger partial charge in [-0.05, 0) is 47.2 Å². The first-order chi connectivity index (χ1) is 8.63. The first-order valence-corrected chi connectivity index (χ1v) is 7.17. The summed E-state index contributed by atoms with van der Waals surface area (Å²) in [7, 11) is 0. The van der Waals surface area contributed by atoms with Gasteiger partial charge in [0.1, 0.15) is 11.5 Å². The van der Waals surface area contributed by atoms with Gasteiger partial charge in [0.05, 0.1) is 22.9 Å². The lowest BCUT2D eigenvalue weighted by molar-refractivity contribution is 0.423. The fourth-order valence-electron chi connectivity index (χ4n) is 1.67. The van der Waals surface area contributed by atoms with Crippen LogP contribution in [0.4, 0.5) is 0 Å². The molecule has 0 aliphatic carbocycles. The zero-order chi connectivity index (χ0) is 13.0. The minimum atomic E-state index is 0.658. The van der Waals surface area contributed by atoms with Crippen molar-refractivity contribution in [1.29, 1.82) is 0 Å². The number of hydrogen-bond donors (Lipinski definition) is 1. The van der Waals surface area contributed by atoms with Crippen LogP contribution in [0.1, 0.15) is 25.4 Å². The number of rotatable bonds is 6. The molecule has 0 radical (unpaired) electrons. The van der Waals surface area contributed by atoms with Gasteiger partial charge in [0, 0.05) is 6.20 Å². The second-order valence-corrected chi connectivity index (χ2v) is 5.99. The van der Waals surface area contributed by atoms with Gasteiger partial charge in [-0.2, -0.15) is 5.10 Å². The van der Waals surface area contributed by atoms with Gasteiger partial charge in [0.25, 0.3) is 0 Å². The van der Waals surface area contributed by atoms with Crippen molar-refractivity contribution in [2.45, 2.75) is 26.9 Å². The van der Waals surface area contributed by atoms with Crippen LogP contribution in [-0.4, -0.2) is 16.3 Å². The normalized spacial score (nSPS) is 11.3. The fraction of sp³-hybridized carbons (Fsp3) is 0.462. The van der Waals surface area contributed by atoms with E-state index in [0.29, 0.717) is 12.5 Å². The quantitative estimate of drug-likeness (QED) is 0.807. The molecular weight excluding hydrogens is 341 g/mol. The van der Waals surface area contributed by atoms with Crippen molar-refractivity contribution < 1.29 is 4.42 Å². The van der Waals surface area contributed by atoms with E-state index in [9.17, 15) is 0 Å². The van der Waals surface area contributed by atoms with Crippen molar-refractivity contribution in [2.24, 2.45) is 5.92 Å². The second kappa shape index (κ2) is 6.38. The molecule has 0 spiro atoms. The molecule has 0 aromatic carbocycles. The molecule has 0 atom stereocenters. The maximum absolute atomic E-state index is 5.75. The molecule has 2 aromatic rings. The lowest BCUT2D eigenvalue weighted by Crippen LogP contribution is -2.18. The van der Waals surface area contributed by atoms with Crippen LogP contribution in [0.5, 0.6) is 0 Å². The van der Waals surface area contributed by atoms with E-state index in [4.69, 9.17) is 4.42 Å². The Labute approximate surface area is 121 Å². The summed E-state index contributed by atoms with van der Waals surface area (Å²) < 4.78 is 8.77. The Kier molecular flexibility index (Phi) is 4.82. The van der Waals surface area contributed by atoms with Crippen LogP contribution in [0.2, 0.25) is 0 Å². The Balaban J connectivity index is 1.86. The summed E-state index contributed by atoms with van der Waals surface area (Å²) in [6.07, 6.45) is 3.84. The number of halogens is 1. The average Bonchev–Trinajstić information content (AvgIpc) is 2.89. The first-order valence-electron chi connectivity index (χ1n) is 6.10. The number of hydrogen-bond acceptors (Lipinski definition) is 3. The first kappa shape index (κ1) is 13.6. The summed E-state index contributed by atoms with van der Waals surface area (Å²) in [5.41, 5.74) is 0. The lowest BCUT2D eigenvalue weighted by Gasteiger charge is -2.05. The molecule has 0 unspecified atom stereocenters. The third-order valence-corrected chi connectivity index (χ3v) is 3.05. The van der Waals surface area contributed by atoms with Crippen LogP contribution < -0.4 is 5.32 Å². The van der Waals surface area contributed by atoms with E-state index in [1.54, 1.807) is 0 Å². The second-order valence-electron chi connectivity index (χ2n) is 4.75. The third kappa shape index (κ3) is 4.13. The van der Waals surface area contributed by atoms with E-state index >= 15 is 0 Å². The molecule has 0 amide bonds. The number of furan rings is 1. The van der Waals surface area contributed by atoms with Gasteiger partial charge >= 0.3 is 0 Å². The van der Waals surface area contributed by atoms with Gasteiger partial charge in [0.15, 0.2) is 0 Å². The molecule has 0 fully saturated rings. The zero-order valence-electron chi connectivity index (χ0n) is 10.7. The molecule has 0 bridgehead atoms. The number of aromatic nitrogens is 2. The van der Waals surface area contributed by atoms with E-state index in [0.717, 1.165) is 28.2 Å². The summed E-state index contributed by atoms with van der Waals surface area (Å²) in [6.45, 7) is 6.87. The van der Waals surface area contributed by atoms with Crippen LogP contribution in [0, 0.1) is 9.49 Å². The predicted octanol–water partition coefficient (Wildman–Crippen LogP) is 2.87. The fourth-order valence-corrected chi connectivity index (χ4v) is 2.12. The van der Waals surface area contributed by atoms with Crippen LogP contribution in [-0.2, 0) is 13.1 Å².